The Kier molecular flexibility index (Phi) is 3.87. The van der Waals surface area contributed by atoms with Gasteiger partial charge in [0.2, 0.25) is 0 Å². The van der Waals surface area contributed by atoms with Gasteiger partial charge in [-0.15, -0.1) is 0 Å². The van der Waals surface area contributed by atoms with Crippen molar-refractivity contribution >= 4 is 11.9 Å². The van der Waals surface area contributed by atoms with Crippen molar-refractivity contribution in [3.05, 3.63) is 53.9 Å². The number of carboxylic acids is 1. The second-order valence-electron chi connectivity index (χ2n) is 5.35. The Morgan fingerprint density at radius 2 is 1.73 bits per heavy atom. The van der Waals surface area contributed by atoms with Gasteiger partial charge in [0, 0.05) is 36.6 Å². The number of likely N-dealkylation sites (tertiary alicyclic amines) is 1. The SMILES string of the molecule is O=C(O)c1cncc(-c2cccc(C(=O)N3CCCC3)c2)c1. The van der Waals surface area contributed by atoms with Crippen molar-refractivity contribution in [1.29, 1.82) is 0 Å². The number of hydrogen-bond acceptors (Lipinski definition) is 3. The fourth-order valence-corrected chi connectivity index (χ4v) is 2.65. The monoisotopic (exact) mass is 296 g/mol. The van der Waals surface area contributed by atoms with E-state index in [9.17, 15) is 9.59 Å². The molecule has 1 saturated heterocycles. The Balaban J connectivity index is 1.92. The molecule has 1 fully saturated rings. The van der Waals surface area contributed by atoms with Gasteiger partial charge < -0.3 is 10.0 Å². The van der Waals surface area contributed by atoms with Crippen molar-refractivity contribution in [3.63, 3.8) is 0 Å². The lowest BCUT2D eigenvalue weighted by atomic mass is 10.0. The number of amides is 1. The van der Waals surface area contributed by atoms with E-state index in [1.54, 1.807) is 24.4 Å². The average molecular weight is 296 g/mol. The Hall–Kier alpha value is -2.69. The van der Waals surface area contributed by atoms with Gasteiger partial charge in [0.15, 0.2) is 0 Å². The van der Waals surface area contributed by atoms with Crippen LogP contribution in [0.3, 0.4) is 0 Å². The second kappa shape index (κ2) is 5.97. The summed E-state index contributed by atoms with van der Waals surface area (Å²) in [4.78, 5) is 29.3. The Morgan fingerprint density at radius 3 is 2.45 bits per heavy atom. The molecule has 5 nitrogen and oxygen atoms in total. The van der Waals surface area contributed by atoms with Gasteiger partial charge >= 0.3 is 5.97 Å². The zero-order chi connectivity index (χ0) is 15.5. The van der Waals surface area contributed by atoms with E-state index in [0.717, 1.165) is 31.5 Å². The smallest absolute Gasteiger partial charge is 0.337 e. The molecule has 2 heterocycles. The molecule has 1 aliphatic heterocycles. The molecule has 1 aliphatic rings. The minimum absolute atomic E-state index is 0.0294. The number of pyridine rings is 1. The number of carbonyl (C=O) groups excluding carboxylic acids is 1. The minimum Gasteiger partial charge on any atom is -0.478 e. The van der Waals surface area contributed by atoms with Crippen molar-refractivity contribution in [2.45, 2.75) is 12.8 Å². The predicted molar refractivity (Wildman–Crippen MR) is 81.8 cm³/mol. The van der Waals surface area contributed by atoms with Gasteiger partial charge in [-0.1, -0.05) is 12.1 Å². The highest BCUT2D eigenvalue weighted by molar-refractivity contribution is 5.96. The molecule has 1 aromatic heterocycles. The van der Waals surface area contributed by atoms with Crippen LogP contribution >= 0.6 is 0 Å². The van der Waals surface area contributed by atoms with Gasteiger partial charge in [0.05, 0.1) is 5.56 Å². The second-order valence-corrected chi connectivity index (χ2v) is 5.35. The van der Waals surface area contributed by atoms with Gasteiger partial charge in [-0.3, -0.25) is 9.78 Å². The standard InChI is InChI=1S/C17H16N2O3/c20-16(19-6-1-2-7-19)13-5-3-4-12(8-13)14-9-15(17(21)22)11-18-10-14/h3-5,8-11H,1-2,6-7H2,(H,21,22). The summed E-state index contributed by atoms with van der Waals surface area (Å²) in [6.45, 7) is 1.61. The largest absolute Gasteiger partial charge is 0.478 e. The van der Waals surface area contributed by atoms with Crippen LogP contribution < -0.4 is 0 Å². The number of nitrogens with zero attached hydrogens (tertiary/aromatic N) is 2. The van der Waals surface area contributed by atoms with E-state index >= 15 is 0 Å². The first-order chi connectivity index (χ1) is 10.6. The lowest BCUT2D eigenvalue weighted by Crippen LogP contribution is -2.27. The maximum atomic E-state index is 12.4. The van der Waals surface area contributed by atoms with Gasteiger partial charge in [0.1, 0.15) is 0 Å². The quantitative estimate of drug-likeness (QED) is 0.945. The molecule has 0 atom stereocenters. The molecule has 22 heavy (non-hydrogen) atoms. The molecule has 1 amide bonds. The van der Waals surface area contributed by atoms with E-state index in [1.807, 2.05) is 17.0 Å². The maximum absolute atomic E-state index is 12.4. The highest BCUT2D eigenvalue weighted by atomic mass is 16.4. The van der Waals surface area contributed by atoms with Crippen LogP contribution in [-0.4, -0.2) is 40.0 Å². The summed E-state index contributed by atoms with van der Waals surface area (Å²) >= 11 is 0. The summed E-state index contributed by atoms with van der Waals surface area (Å²) in [5, 5.41) is 9.04. The summed E-state index contributed by atoms with van der Waals surface area (Å²) in [6, 6.07) is 8.81. The van der Waals surface area contributed by atoms with Crippen molar-refractivity contribution in [2.75, 3.05) is 13.1 Å². The third-order valence-corrected chi connectivity index (χ3v) is 3.82. The van der Waals surface area contributed by atoms with Crippen molar-refractivity contribution in [3.8, 4) is 11.1 Å². The molecular weight excluding hydrogens is 280 g/mol. The van der Waals surface area contributed by atoms with Crippen LogP contribution in [0, 0.1) is 0 Å². The zero-order valence-corrected chi connectivity index (χ0v) is 12.0. The third kappa shape index (κ3) is 2.83. The summed E-state index contributed by atoms with van der Waals surface area (Å²) in [5.74, 6) is -0.986. The number of aromatic nitrogens is 1. The topological polar surface area (TPSA) is 70.5 Å². The van der Waals surface area contributed by atoms with Gasteiger partial charge in [-0.05, 0) is 36.6 Å². The maximum Gasteiger partial charge on any atom is 0.337 e. The van der Waals surface area contributed by atoms with Crippen LogP contribution in [0.15, 0.2) is 42.7 Å². The molecule has 0 aliphatic carbocycles. The van der Waals surface area contributed by atoms with Gasteiger partial charge in [0.25, 0.3) is 5.91 Å². The summed E-state index contributed by atoms with van der Waals surface area (Å²) in [5.41, 5.74) is 2.24. The van der Waals surface area contributed by atoms with E-state index < -0.39 is 5.97 Å². The highest BCUT2D eigenvalue weighted by Crippen LogP contribution is 2.22. The highest BCUT2D eigenvalue weighted by Gasteiger charge is 2.19. The Morgan fingerprint density at radius 1 is 1.00 bits per heavy atom. The molecule has 1 N–H and O–H groups in total. The molecule has 3 rings (SSSR count). The first-order valence-corrected chi connectivity index (χ1v) is 7.23. The number of carbonyl (C=O) groups is 2. The van der Waals surface area contributed by atoms with Crippen LogP contribution in [0.5, 0.6) is 0 Å². The van der Waals surface area contributed by atoms with E-state index in [0.29, 0.717) is 11.1 Å². The normalized spacial score (nSPS) is 14.1. The molecule has 112 valence electrons. The van der Waals surface area contributed by atoms with Crippen LogP contribution in [-0.2, 0) is 0 Å². The molecule has 0 bridgehead atoms. The van der Waals surface area contributed by atoms with Crippen LogP contribution in [0.1, 0.15) is 33.6 Å². The lowest BCUT2D eigenvalue weighted by Gasteiger charge is -2.15. The predicted octanol–water partition coefficient (Wildman–Crippen LogP) is 2.68. The van der Waals surface area contributed by atoms with Crippen LogP contribution in [0.25, 0.3) is 11.1 Å². The average Bonchev–Trinajstić information content (AvgIpc) is 3.09. The molecule has 0 unspecified atom stereocenters. The summed E-state index contributed by atoms with van der Waals surface area (Å²) < 4.78 is 0. The Labute approximate surface area is 128 Å². The minimum atomic E-state index is -1.02. The summed E-state index contributed by atoms with van der Waals surface area (Å²) in [6.07, 6.45) is 5.02. The molecule has 0 spiro atoms. The van der Waals surface area contributed by atoms with Gasteiger partial charge in [-0.2, -0.15) is 0 Å². The van der Waals surface area contributed by atoms with Crippen LogP contribution in [0.4, 0.5) is 0 Å². The molecule has 0 saturated carbocycles. The third-order valence-electron chi connectivity index (χ3n) is 3.82. The van der Waals surface area contributed by atoms with E-state index in [2.05, 4.69) is 4.98 Å². The molecule has 0 radical (unpaired) electrons. The number of hydrogen-bond donors (Lipinski definition) is 1. The van der Waals surface area contributed by atoms with Crippen molar-refractivity contribution < 1.29 is 14.7 Å². The number of carboxylic acid groups (broad SMARTS) is 1. The number of benzene rings is 1. The van der Waals surface area contributed by atoms with E-state index in [4.69, 9.17) is 5.11 Å². The fraction of sp³-hybridized carbons (Fsp3) is 0.235. The molecular formula is C17H16N2O3. The lowest BCUT2D eigenvalue weighted by molar-refractivity contribution is 0.0695. The van der Waals surface area contributed by atoms with E-state index in [1.165, 1.54) is 6.20 Å². The number of aromatic carboxylic acids is 1. The molecule has 5 heteroatoms. The first kappa shape index (κ1) is 14.3. The van der Waals surface area contributed by atoms with Crippen molar-refractivity contribution in [2.24, 2.45) is 0 Å². The first-order valence-electron chi connectivity index (χ1n) is 7.23. The Bertz CT molecular complexity index is 721. The zero-order valence-electron chi connectivity index (χ0n) is 12.0. The van der Waals surface area contributed by atoms with Gasteiger partial charge in [-0.25, -0.2) is 4.79 Å². The fourth-order valence-electron chi connectivity index (χ4n) is 2.65. The van der Waals surface area contributed by atoms with Crippen molar-refractivity contribution in [1.82, 2.24) is 9.88 Å². The summed E-state index contributed by atoms with van der Waals surface area (Å²) in [7, 11) is 0. The number of rotatable bonds is 3. The molecule has 2 aromatic rings. The van der Waals surface area contributed by atoms with E-state index in [-0.39, 0.29) is 11.5 Å². The van der Waals surface area contributed by atoms with Crippen LogP contribution in [0.2, 0.25) is 0 Å². The molecule has 1 aromatic carbocycles.